The zero-order valence-corrected chi connectivity index (χ0v) is 15.0. The number of hydrogen-bond donors (Lipinski definition) is 0. The molecular formula is C21H20N2O3. The first-order valence-electron chi connectivity index (χ1n) is 8.20. The first-order valence-corrected chi connectivity index (χ1v) is 8.20. The van der Waals surface area contributed by atoms with Gasteiger partial charge >= 0.3 is 0 Å². The topological polar surface area (TPSA) is 61.3 Å². The van der Waals surface area contributed by atoms with E-state index in [2.05, 4.69) is 9.97 Å². The van der Waals surface area contributed by atoms with Gasteiger partial charge in [0.25, 0.3) is 0 Å². The highest BCUT2D eigenvalue weighted by Gasteiger charge is 2.08. The van der Waals surface area contributed by atoms with Gasteiger partial charge in [-0.05, 0) is 12.1 Å². The summed E-state index contributed by atoms with van der Waals surface area (Å²) in [6, 6.07) is 17.7. The molecular weight excluding hydrogens is 328 g/mol. The van der Waals surface area contributed by atoms with Gasteiger partial charge in [0, 0.05) is 25.0 Å². The standard InChI is InChI=1S/C11H11NO2.C10H9NO/c1-8-12-10(7-14-8)9-5-3-4-6-11(9)13-2;1-8-11-10(7-12-8)9-5-3-2-4-6-9/h3-7H,1-2H3;2-7H,1H3. The highest BCUT2D eigenvalue weighted by Crippen LogP contribution is 2.28. The van der Waals surface area contributed by atoms with Crippen LogP contribution in [0, 0.1) is 13.8 Å². The predicted octanol–water partition coefficient (Wildman–Crippen LogP) is 5.31. The Hall–Kier alpha value is -3.34. The zero-order valence-electron chi connectivity index (χ0n) is 15.0. The molecule has 132 valence electrons. The Morgan fingerprint density at radius 3 is 1.88 bits per heavy atom. The number of methoxy groups -OCH3 is 1. The lowest BCUT2D eigenvalue weighted by Crippen LogP contribution is -1.87. The molecule has 0 spiro atoms. The molecule has 0 saturated heterocycles. The normalized spacial score (nSPS) is 10.1. The second kappa shape index (κ2) is 8.16. The summed E-state index contributed by atoms with van der Waals surface area (Å²) in [7, 11) is 1.64. The summed E-state index contributed by atoms with van der Waals surface area (Å²) in [6.07, 6.45) is 3.30. The van der Waals surface area contributed by atoms with Crippen LogP contribution in [0.15, 0.2) is 76.0 Å². The summed E-state index contributed by atoms with van der Waals surface area (Å²) in [6.45, 7) is 3.66. The van der Waals surface area contributed by atoms with E-state index in [4.69, 9.17) is 13.6 Å². The molecule has 0 radical (unpaired) electrons. The number of aryl methyl sites for hydroxylation is 2. The summed E-state index contributed by atoms with van der Waals surface area (Å²) >= 11 is 0. The maximum absolute atomic E-state index is 5.23. The van der Waals surface area contributed by atoms with Crippen LogP contribution in [-0.4, -0.2) is 17.1 Å². The summed E-state index contributed by atoms with van der Waals surface area (Å²) in [5.74, 6) is 2.17. The summed E-state index contributed by atoms with van der Waals surface area (Å²) in [5.41, 5.74) is 3.74. The Balaban J connectivity index is 0.000000152. The lowest BCUT2D eigenvalue weighted by atomic mass is 10.1. The Bertz CT molecular complexity index is 958. The second-order valence-corrected chi connectivity index (χ2v) is 5.57. The number of ether oxygens (including phenoxy) is 1. The van der Waals surface area contributed by atoms with Crippen LogP contribution in [-0.2, 0) is 0 Å². The van der Waals surface area contributed by atoms with Crippen LogP contribution in [0.5, 0.6) is 5.75 Å². The van der Waals surface area contributed by atoms with Crippen LogP contribution < -0.4 is 4.74 Å². The van der Waals surface area contributed by atoms with Gasteiger partial charge in [0.2, 0.25) is 0 Å². The number of nitrogens with zero attached hydrogens (tertiary/aromatic N) is 2. The molecule has 0 unspecified atom stereocenters. The average molecular weight is 348 g/mol. The molecule has 0 N–H and O–H groups in total. The molecule has 2 aromatic carbocycles. The van der Waals surface area contributed by atoms with Crippen LogP contribution in [0.3, 0.4) is 0 Å². The quantitative estimate of drug-likeness (QED) is 0.502. The molecule has 0 aliphatic rings. The van der Waals surface area contributed by atoms with Crippen molar-refractivity contribution in [2.24, 2.45) is 0 Å². The molecule has 2 heterocycles. The van der Waals surface area contributed by atoms with Crippen molar-refractivity contribution in [1.29, 1.82) is 0 Å². The minimum absolute atomic E-state index is 0.658. The third-order valence-electron chi connectivity index (χ3n) is 3.69. The SMILES string of the molecule is COc1ccccc1-c1coc(C)n1.Cc1nc(-c2ccccc2)co1. The number of rotatable bonds is 3. The van der Waals surface area contributed by atoms with Gasteiger partial charge in [-0.15, -0.1) is 0 Å². The molecule has 0 bridgehead atoms. The summed E-state index contributed by atoms with van der Waals surface area (Å²) < 4.78 is 15.5. The van der Waals surface area contributed by atoms with E-state index in [0.717, 1.165) is 28.3 Å². The smallest absolute Gasteiger partial charge is 0.191 e. The predicted molar refractivity (Wildman–Crippen MR) is 99.9 cm³/mol. The van der Waals surface area contributed by atoms with Gasteiger partial charge in [-0.1, -0.05) is 42.5 Å². The van der Waals surface area contributed by atoms with E-state index >= 15 is 0 Å². The van der Waals surface area contributed by atoms with Gasteiger partial charge in [-0.25, -0.2) is 9.97 Å². The second-order valence-electron chi connectivity index (χ2n) is 5.57. The van der Waals surface area contributed by atoms with E-state index in [1.807, 2.05) is 68.4 Å². The molecule has 0 amide bonds. The summed E-state index contributed by atoms with van der Waals surface area (Å²) in [4.78, 5) is 8.46. The lowest BCUT2D eigenvalue weighted by Gasteiger charge is -2.03. The van der Waals surface area contributed by atoms with E-state index in [0.29, 0.717) is 11.8 Å². The molecule has 0 fully saturated rings. The Labute approximate surface area is 152 Å². The van der Waals surface area contributed by atoms with Crippen molar-refractivity contribution in [1.82, 2.24) is 9.97 Å². The van der Waals surface area contributed by atoms with Gasteiger partial charge in [-0.3, -0.25) is 0 Å². The first-order chi connectivity index (χ1) is 12.7. The highest BCUT2D eigenvalue weighted by atomic mass is 16.5. The van der Waals surface area contributed by atoms with Crippen LogP contribution in [0.2, 0.25) is 0 Å². The van der Waals surface area contributed by atoms with Crippen molar-refractivity contribution in [2.75, 3.05) is 7.11 Å². The van der Waals surface area contributed by atoms with Crippen molar-refractivity contribution in [2.45, 2.75) is 13.8 Å². The van der Waals surface area contributed by atoms with E-state index in [1.54, 1.807) is 19.6 Å². The van der Waals surface area contributed by atoms with Gasteiger partial charge in [0.1, 0.15) is 29.7 Å². The van der Waals surface area contributed by atoms with Crippen molar-refractivity contribution >= 4 is 0 Å². The number of benzene rings is 2. The number of aromatic nitrogens is 2. The van der Waals surface area contributed by atoms with E-state index in [1.165, 1.54) is 0 Å². The zero-order chi connectivity index (χ0) is 18.4. The third kappa shape index (κ3) is 4.19. The number of oxazole rings is 2. The molecule has 26 heavy (non-hydrogen) atoms. The molecule has 5 heteroatoms. The fourth-order valence-electron chi connectivity index (χ4n) is 2.45. The van der Waals surface area contributed by atoms with E-state index in [9.17, 15) is 0 Å². The van der Waals surface area contributed by atoms with Gasteiger partial charge < -0.3 is 13.6 Å². The molecule has 4 rings (SSSR count). The van der Waals surface area contributed by atoms with Crippen LogP contribution in [0.25, 0.3) is 22.5 Å². The van der Waals surface area contributed by atoms with Gasteiger partial charge in [-0.2, -0.15) is 0 Å². The van der Waals surface area contributed by atoms with Crippen molar-refractivity contribution < 1.29 is 13.6 Å². The lowest BCUT2D eigenvalue weighted by molar-refractivity contribution is 0.416. The monoisotopic (exact) mass is 348 g/mol. The fraction of sp³-hybridized carbons (Fsp3) is 0.143. The summed E-state index contributed by atoms with van der Waals surface area (Å²) in [5, 5.41) is 0. The van der Waals surface area contributed by atoms with Crippen LogP contribution in [0.1, 0.15) is 11.8 Å². The minimum atomic E-state index is 0.658. The molecule has 5 nitrogen and oxygen atoms in total. The van der Waals surface area contributed by atoms with Gasteiger partial charge in [0.15, 0.2) is 11.8 Å². The Morgan fingerprint density at radius 2 is 1.31 bits per heavy atom. The average Bonchev–Trinajstić information content (AvgIpc) is 3.31. The van der Waals surface area contributed by atoms with Crippen molar-refractivity contribution in [3.8, 4) is 28.3 Å². The van der Waals surface area contributed by atoms with E-state index < -0.39 is 0 Å². The van der Waals surface area contributed by atoms with Gasteiger partial charge in [0.05, 0.1) is 7.11 Å². The Kier molecular flexibility index (Phi) is 5.49. The molecule has 4 aromatic rings. The van der Waals surface area contributed by atoms with E-state index in [-0.39, 0.29) is 0 Å². The van der Waals surface area contributed by atoms with Crippen LogP contribution in [0.4, 0.5) is 0 Å². The van der Waals surface area contributed by atoms with Crippen molar-refractivity contribution in [3.63, 3.8) is 0 Å². The fourth-order valence-corrected chi connectivity index (χ4v) is 2.45. The minimum Gasteiger partial charge on any atom is -0.496 e. The number of hydrogen-bond acceptors (Lipinski definition) is 5. The molecule has 2 aromatic heterocycles. The molecule has 0 atom stereocenters. The highest BCUT2D eigenvalue weighted by molar-refractivity contribution is 5.66. The largest absolute Gasteiger partial charge is 0.496 e. The molecule has 0 aliphatic heterocycles. The van der Waals surface area contributed by atoms with Crippen LogP contribution >= 0.6 is 0 Å². The third-order valence-corrected chi connectivity index (χ3v) is 3.69. The molecule has 0 aliphatic carbocycles. The maximum Gasteiger partial charge on any atom is 0.191 e. The maximum atomic E-state index is 5.23. The number of para-hydroxylation sites is 1. The Morgan fingerprint density at radius 1 is 0.731 bits per heavy atom. The van der Waals surface area contributed by atoms with Crippen molar-refractivity contribution in [3.05, 3.63) is 78.9 Å². The first kappa shape index (κ1) is 17.5. The molecule has 0 saturated carbocycles.